The molecule has 1 unspecified atom stereocenters. The van der Waals surface area contributed by atoms with Crippen molar-refractivity contribution in [2.75, 3.05) is 38.3 Å². The summed E-state index contributed by atoms with van der Waals surface area (Å²) in [4.78, 5) is 25.8. The molecule has 174 valence electrons. The highest BCUT2D eigenvalue weighted by Crippen LogP contribution is 2.45. The maximum absolute atomic E-state index is 12.5. The molecule has 2 aliphatic rings. The van der Waals surface area contributed by atoms with Gasteiger partial charge in [-0.15, -0.1) is 0 Å². The van der Waals surface area contributed by atoms with Gasteiger partial charge in [-0.3, -0.25) is 9.78 Å². The molecule has 0 bridgehead atoms. The number of anilines is 1. The highest BCUT2D eigenvalue weighted by atomic mass is 16.5. The van der Waals surface area contributed by atoms with E-state index >= 15 is 0 Å². The van der Waals surface area contributed by atoms with Gasteiger partial charge in [0, 0.05) is 62.7 Å². The van der Waals surface area contributed by atoms with Crippen LogP contribution in [0.25, 0.3) is 0 Å². The van der Waals surface area contributed by atoms with Crippen molar-refractivity contribution in [2.45, 2.75) is 51.5 Å². The fraction of sp³-hybridized carbons (Fsp3) is 0.520. The summed E-state index contributed by atoms with van der Waals surface area (Å²) in [5.74, 6) is 2.50. The van der Waals surface area contributed by atoms with Gasteiger partial charge in [0.25, 0.3) is 0 Å². The lowest BCUT2D eigenvalue weighted by molar-refractivity contribution is -0.134. The van der Waals surface area contributed by atoms with Crippen molar-refractivity contribution in [2.24, 2.45) is 0 Å². The lowest BCUT2D eigenvalue weighted by Gasteiger charge is -2.40. The van der Waals surface area contributed by atoms with Gasteiger partial charge >= 0.3 is 0 Å². The molecule has 1 aliphatic carbocycles. The molecule has 1 aliphatic heterocycles. The van der Waals surface area contributed by atoms with Crippen molar-refractivity contribution in [3.8, 4) is 17.6 Å². The van der Waals surface area contributed by atoms with Gasteiger partial charge in [0.2, 0.25) is 5.91 Å². The Kier molecular flexibility index (Phi) is 7.09. The van der Waals surface area contributed by atoms with E-state index in [1.54, 1.807) is 13.3 Å². The van der Waals surface area contributed by atoms with Crippen LogP contribution in [0, 0.1) is 11.3 Å². The Labute approximate surface area is 195 Å². The summed E-state index contributed by atoms with van der Waals surface area (Å²) >= 11 is 0. The molecule has 1 saturated heterocycles. The molecule has 1 atom stereocenters. The summed E-state index contributed by atoms with van der Waals surface area (Å²) in [6.07, 6.45) is 5.10. The first-order chi connectivity index (χ1) is 16.0. The predicted molar refractivity (Wildman–Crippen MR) is 124 cm³/mol. The normalized spacial score (nSPS) is 18.2. The number of rotatable bonds is 8. The summed E-state index contributed by atoms with van der Waals surface area (Å²) in [6, 6.07) is 7.92. The van der Waals surface area contributed by atoms with Crippen molar-refractivity contribution >= 4 is 11.7 Å². The fourth-order valence-electron chi connectivity index (χ4n) is 4.25. The second kappa shape index (κ2) is 10.2. The zero-order chi connectivity index (χ0) is 23.4. The lowest BCUT2D eigenvalue weighted by atomic mass is 10.1. The van der Waals surface area contributed by atoms with E-state index in [0.717, 1.165) is 30.7 Å². The highest BCUT2D eigenvalue weighted by molar-refractivity contribution is 5.77. The van der Waals surface area contributed by atoms with Crippen molar-refractivity contribution in [3.05, 3.63) is 41.3 Å². The molecule has 1 saturated carbocycles. The molecule has 2 aromatic rings. The molecule has 3 heterocycles. The molecule has 2 fully saturated rings. The number of amides is 1. The van der Waals surface area contributed by atoms with E-state index in [1.165, 1.54) is 0 Å². The third kappa shape index (κ3) is 5.25. The van der Waals surface area contributed by atoms with E-state index < -0.39 is 0 Å². The molecule has 4 rings (SSSR count). The number of carbonyl (C=O) groups is 1. The number of nitrogens with zero attached hydrogens (tertiary/aromatic N) is 5. The predicted octanol–water partition coefficient (Wildman–Crippen LogP) is 3.65. The Morgan fingerprint density at radius 3 is 2.79 bits per heavy atom. The summed E-state index contributed by atoms with van der Waals surface area (Å²) < 4.78 is 11.3. The van der Waals surface area contributed by atoms with Crippen molar-refractivity contribution < 1.29 is 14.3 Å². The number of pyridine rings is 2. The van der Waals surface area contributed by atoms with Crippen LogP contribution in [-0.4, -0.2) is 60.2 Å². The molecule has 0 aromatic carbocycles. The minimum absolute atomic E-state index is 0.0287. The number of piperazine rings is 1. The van der Waals surface area contributed by atoms with E-state index in [2.05, 4.69) is 22.9 Å². The van der Waals surface area contributed by atoms with Crippen LogP contribution < -0.4 is 9.64 Å². The standard InChI is InChI=1S/C25H31N5O3/c1-4-20-14-21(7-9-27-20)33-22-13-19(15-26)25(28-24(22)18-5-6-18)29-10-11-30(17(2)16-29)23(31)8-12-32-3/h7,9,13-14,17-18H,4-6,8,10-12,16H2,1-3H3. The number of nitriles is 1. The third-order valence-electron chi connectivity index (χ3n) is 6.23. The maximum atomic E-state index is 12.5. The first-order valence-corrected chi connectivity index (χ1v) is 11.6. The van der Waals surface area contributed by atoms with Crippen LogP contribution in [-0.2, 0) is 16.0 Å². The van der Waals surface area contributed by atoms with Crippen LogP contribution in [0.1, 0.15) is 56.0 Å². The number of aromatic nitrogens is 2. The van der Waals surface area contributed by atoms with Crippen LogP contribution in [0.15, 0.2) is 24.4 Å². The maximum Gasteiger partial charge on any atom is 0.225 e. The first kappa shape index (κ1) is 23.0. The fourth-order valence-corrected chi connectivity index (χ4v) is 4.25. The van der Waals surface area contributed by atoms with Gasteiger partial charge in [0.1, 0.15) is 17.6 Å². The Morgan fingerprint density at radius 2 is 2.12 bits per heavy atom. The Bertz CT molecular complexity index is 1050. The van der Waals surface area contributed by atoms with Crippen LogP contribution in [0.4, 0.5) is 5.82 Å². The van der Waals surface area contributed by atoms with Gasteiger partial charge in [-0.25, -0.2) is 4.98 Å². The summed E-state index contributed by atoms with van der Waals surface area (Å²) in [7, 11) is 1.60. The van der Waals surface area contributed by atoms with Crippen LogP contribution in [0.2, 0.25) is 0 Å². The minimum Gasteiger partial charge on any atom is -0.455 e. The molecular weight excluding hydrogens is 418 g/mol. The number of carbonyl (C=O) groups excluding carboxylic acids is 1. The molecule has 2 aromatic heterocycles. The smallest absolute Gasteiger partial charge is 0.225 e. The van der Waals surface area contributed by atoms with E-state index in [4.69, 9.17) is 14.5 Å². The van der Waals surface area contributed by atoms with Crippen molar-refractivity contribution in [3.63, 3.8) is 0 Å². The summed E-state index contributed by atoms with van der Waals surface area (Å²) in [6.45, 7) is 6.39. The average Bonchev–Trinajstić information content (AvgIpc) is 3.67. The lowest BCUT2D eigenvalue weighted by Crippen LogP contribution is -2.54. The monoisotopic (exact) mass is 449 g/mol. The number of methoxy groups -OCH3 is 1. The second-order valence-corrected chi connectivity index (χ2v) is 8.69. The Morgan fingerprint density at radius 1 is 1.30 bits per heavy atom. The zero-order valence-corrected chi connectivity index (χ0v) is 19.6. The number of aryl methyl sites for hydroxylation is 1. The summed E-state index contributed by atoms with van der Waals surface area (Å²) in [5, 5.41) is 9.91. The molecule has 0 N–H and O–H groups in total. The Balaban J connectivity index is 1.58. The summed E-state index contributed by atoms with van der Waals surface area (Å²) in [5.41, 5.74) is 2.35. The largest absolute Gasteiger partial charge is 0.455 e. The van der Waals surface area contributed by atoms with Gasteiger partial charge in [0.15, 0.2) is 5.75 Å². The Hall–Kier alpha value is -3.18. The molecule has 0 spiro atoms. The number of hydrogen-bond donors (Lipinski definition) is 0. The van der Waals surface area contributed by atoms with E-state index in [1.807, 2.05) is 30.0 Å². The average molecular weight is 450 g/mol. The van der Waals surface area contributed by atoms with Gasteiger partial charge < -0.3 is 19.3 Å². The minimum atomic E-state index is 0.0287. The molecular formula is C25H31N5O3. The highest BCUT2D eigenvalue weighted by Gasteiger charge is 2.33. The van der Waals surface area contributed by atoms with E-state index in [-0.39, 0.29) is 11.9 Å². The van der Waals surface area contributed by atoms with Crippen molar-refractivity contribution in [1.82, 2.24) is 14.9 Å². The molecule has 0 radical (unpaired) electrons. The second-order valence-electron chi connectivity index (χ2n) is 8.69. The van der Waals surface area contributed by atoms with Crippen LogP contribution in [0.3, 0.4) is 0 Å². The molecule has 8 heteroatoms. The van der Waals surface area contributed by atoms with Gasteiger partial charge in [-0.05, 0) is 32.3 Å². The first-order valence-electron chi connectivity index (χ1n) is 11.6. The molecule has 8 nitrogen and oxygen atoms in total. The van der Waals surface area contributed by atoms with Gasteiger partial charge in [-0.1, -0.05) is 6.92 Å². The van der Waals surface area contributed by atoms with E-state index in [0.29, 0.717) is 61.5 Å². The molecule has 1 amide bonds. The number of hydrogen-bond acceptors (Lipinski definition) is 7. The van der Waals surface area contributed by atoms with Crippen molar-refractivity contribution in [1.29, 1.82) is 5.26 Å². The quantitative estimate of drug-likeness (QED) is 0.607. The topological polar surface area (TPSA) is 91.6 Å². The van der Waals surface area contributed by atoms with Gasteiger partial charge in [-0.2, -0.15) is 5.26 Å². The van der Waals surface area contributed by atoms with Crippen LogP contribution >= 0.6 is 0 Å². The SMILES string of the molecule is CCc1cc(Oc2cc(C#N)c(N3CCN(C(=O)CCOC)C(C)C3)nc2C2CC2)ccn1. The van der Waals surface area contributed by atoms with E-state index in [9.17, 15) is 10.1 Å². The third-order valence-corrected chi connectivity index (χ3v) is 6.23. The van der Waals surface area contributed by atoms with Gasteiger partial charge in [0.05, 0.1) is 24.3 Å². The molecule has 33 heavy (non-hydrogen) atoms. The van der Waals surface area contributed by atoms with Crippen LogP contribution in [0.5, 0.6) is 11.5 Å². The zero-order valence-electron chi connectivity index (χ0n) is 19.6. The number of ether oxygens (including phenoxy) is 2.